The molecule has 0 aliphatic rings. The van der Waals surface area contributed by atoms with E-state index in [0.29, 0.717) is 5.76 Å². The zero-order valence-electron chi connectivity index (χ0n) is 9.35. The number of halogens is 2. The van der Waals surface area contributed by atoms with E-state index in [1.807, 2.05) is 0 Å². The number of amides is 1. The van der Waals surface area contributed by atoms with Crippen LogP contribution in [0.3, 0.4) is 0 Å². The molecule has 1 unspecified atom stereocenters. The van der Waals surface area contributed by atoms with Crippen molar-refractivity contribution in [1.29, 1.82) is 0 Å². The number of aromatic nitrogens is 2. The Morgan fingerprint density at radius 2 is 2.22 bits per heavy atom. The van der Waals surface area contributed by atoms with Crippen molar-refractivity contribution < 1.29 is 9.21 Å². The highest BCUT2D eigenvalue weighted by atomic mass is 35.5. The maximum atomic E-state index is 12.0. The van der Waals surface area contributed by atoms with Gasteiger partial charge in [0.1, 0.15) is 5.76 Å². The first-order chi connectivity index (χ1) is 8.58. The lowest BCUT2D eigenvalue weighted by Gasteiger charge is -2.11. The van der Waals surface area contributed by atoms with Gasteiger partial charge in [0.2, 0.25) is 0 Å². The molecule has 18 heavy (non-hydrogen) atoms. The van der Waals surface area contributed by atoms with Gasteiger partial charge in [0.25, 0.3) is 5.91 Å². The lowest BCUT2D eigenvalue weighted by atomic mass is 10.2. The Morgan fingerprint density at radius 3 is 2.89 bits per heavy atom. The number of nitrogens with one attached hydrogen (secondary N) is 1. The van der Waals surface area contributed by atoms with E-state index >= 15 is 0 Å². The predicted molar refractivity (Wildman–Crippen MR) is 66.6 cm³/mol. The highest BCUT2D eigenvalue weighted by molar-refractivity contribution is 6.34. The van der Waals surface area contributed by atoms with Gasteiger partial charge in [-0.3, -0.25) is 4.79 Å². The van der Waals surface area contributed by atoms with Crippen LogP contribution in [-0.4, -0.2) is 16.1 Å². The van der Waals surface area contributed by atoms with E-state index in [4.69, 9.17) is 27.6 Å². The van der Waals surface area contributed by atoms with Gasteiger partial charge in [0.05, 0.1) is 17.9 Å². The third kappa shape index (κ3) is 2.80. The van der Waals surface area contributed by atoms with Gasteiger partial charge in [0, 0.05) is 0 Å². The lowest BCUT2D eigenvalue weighted by molar-refractivity contribution is 0.0935. The summed E-state index contributed by atoms with van der Waals surface area (Å²) in [4.78, 5) is 12.0. The molecule has 0 aliphatic carbocycles. The van der Waals surface area contributed by atoms with Crippen LogP contribution >= 0.6 is 23.2 Å². The average Bonchev–Trinajstić information content (AvgIpc) is 2.85. The van der Waals surface area contributed by atoms with Crippen molar-refractivity contribution in [2.24, 2.45) is 0 Å². The first-order valence-corrected chi connectivity index (χ1v) is 5.86. The number of carbonyl (C=O) groups is 1. The van der Waals surface area contributed by atoms with Crippen LogP contribution in [0.4, 0.5) is 0 Å². The molecule has 0 aromatic carbocycles. The molecule has 0 saturated carbocycles. The fraction of sp³-hybridized carbons (Fsp3) is 0.182. The molecule has 1 N–H and O–H groups in total. The summed E-state index contributed by atoms with van der Waals surface area (Å²) < 4.78 is 5.18. The minimum absolute atomic E-state index is 0.00328. The first-order valence-electron chi connectivity index (χ1n) is 5.11. The molecule has 0 fully saturated rings. The Bertz CT molecular complexity index is 557. The van der Waals surface area contributed by atoms with Gasteiger partial charge in [-0.05, 0) is 25.1 Å². The second kappa shape index (κ2) is 5.37. The van der Waals surface area contributed by atoms with Crippen molar-refractivity contribution in [2.75, 3.05) is 0 Å². The third-order valence-electron chi connectivity index (χ3n) is 2.28. The monoisotopic (exact) mass is 285 g/mol. The van der Waals surface area contributed by atoms with Crippen LogP contribution in [0.1, 0.15) is 29.1 Å². The molecule has 0 aliphatic heterocycles. The minimum atomic E-state index is -0.388. The van der Waals surface area contributed by atoms with Gasteiger partial charge in [-0.2, -0.15) is 0 Å². The summed E-state index contributed by atoms with van der Waals surface area (Å²) in [5, 5.41) is 9.94. The molecule has 1 atom stereocenters. The molecule has 2 aromatic heterocycles. The van der Waals surface area contributed by atoms with Gasteiger partial charge in [-0.25, -0.2) is 0 Å². The average molecular weight is 286 g/mol. The van der Waals surface area contributed by atoms with E-state index in [9.17, 15) is 4.79 Å². The van der Waals surface area contributed by atoms with Crippen molar-refractivity contribution >= 4 is 29.1 Å². The van der Waals surface area contributed by atoms with Gasteiger partial charge >= 0.3 is 0 Å². The molecule has 0 spiro atoms. The second-order valence-corrected chi connectivity index (χ2v) is 4.33. The van der Waals surface area contributed by atoms with E-state index in [1.165, 1.54) is 12.3 Å². The van der Waals surface area contributed by atoms with Crippen molar-refractivity contribution in [2.45, 2.75) is 13.0 Å². The molecule has 0 bridgehead atoms. The first kappa shape index (κ1) is 12.9. The van der Waals surface area contributed by atoms with Crippen LogP contribution in [0.25, 0.3) is 0 Å². The van der Waals surface area contributed by atoms with E-state index in [1.54, 1.807) is 19.1 Å². The summed E-state index contributed by atoms with van der Waals surface area (Å²) in [6, 6.07) is 4.59. The highest BCUT2D eigenvalue weighted by Gasteiger charge is 2.17. The van der Waals surface area contributed by atoms with Gasteiger partial charge in [-0.1, -0.05) is 23.2 Å². The Labute approximate surface area is 113 Å². The molecule has 2 rings (SSSR count). The minimum Gasteiger partial charge on any atom is -0.467 e. The van der Waals surface area contributed by atoms with Crippen LogP contribution in [-0.2, 0) is 0 Å². The number of hydrogen-bond acceptors (Lipinski definition) is 4. The highest BCUT2D eigenvalue weighted by Crippen LogP contribution is 2.18. The third-order valence-corrected chi connectivity index (χ3v) is 2.75. The summed E-state index contributed by atoms with van der Waals surface area (Å²) in [6.07, 6.45) is 1.54. The molecular formula is C11H9Cl2N3O2. The summed E-state index contributed by atoms with van der Waals surface area (Å²) >= 11 is 11.4. The van der Waals surface area contributed by atoms with Crippen LogP contribution < -0.4 is 5.32 Å². The second-order valence-electron chi connectivity index (χ2n) is 3.58. The quantitative estimate of drug-likeness (QED) is 0.942. The molecule has 1 amide bonds. The number of furan rings is 1. The zero-order chi connectivity index (χ0) is 13.1. The largest absolute Gasteiger partial charge is 0.467 e. The van der Waals surface area contributed by atoms with Crippen LogP contribution in [0.2, 0.25) is 10.3 Å². The Morgan fingerprint density at radius 1 is 1.44 bits per heavy atom. The van der Waals surface area contributed by atoms with E-state index < -0.39 is 0 Å². The summed E-state index contributed by atoms with van der Waals surface area (Å²) in [6.45, 7) is 1.79. The zero-order valence-corrected chi connectivity index (χ0v) is 10.9. The van der Waals surface area contributed by atoms with E-state index in [-0.39, 0.29) is 27.8 Å². The van der Waals surface area contributed by atoms with Gasteiger partial charge < -0.3 is 9.73 Å². The topological polar surface area (TPSA) is 68.0 Å². The van der Waals surface area contributed by atoms with Crippen molar-refractivity contribution in [3.05, 3.63) is 46.1 Å². The molecule has 94 valence electrons. The lowest BCUT2D eigenvalue weighted by Crippen LogP contribution is -2.27. The molecular weight excluding hydrogens is 277 g/mol. The molecule has 0 radical (unpaired) electrons. The fourth-order valence-electron chi connectivity index (χ4n) is 1.40. The molecule has 5 nitrogen and oxygen atoms in total. The van der Waals surface area contributed by atoms with Crippen LogP contribution in [0, 0.1) is 0 Å². The predicted octanol–water partition coefficient (Wildman–Crippen LogP) is 2.87. The maximum absolute atomic E-state index is 12.0. The summed E-state index contributed by atoms with van der Waals surface area (Å²) in [7, 11) is 0. The Hall–Kier alpha value is -1.59. The van der Waals surface area contributed by atoms with Crippen molar-refractivity contribution in [3.63, 3.8) is 0 Å². The number of nitrogens with zero attached hydrogens (tertiary/aromatic N) is 2. The number of carbonyl (C=O) groups excluding carboxylic acids is 1. The van der Waals surface area contributed by atoms with E-state index in [0.717, 1.165) is 0 Å². The normalized spacial score (nSPS) is 12.2. The molecule has 0 saturated heterocycles. The van der Waals surface area contributed by atoms with E-state index in [2.05, 4.69) is 15.5 Å². The van der Waals surface area contributed by atoms with Crippen LogP contribution in [0.5, 0.6) is 0 Å². The SMILES string of the molecule is CC(NC(=O)c1cc(Cl)nnc1Cl)c1ccco1. The standard InChI is InChI=1S/C11H9Cl2N3O2/c1-6(8-3-2-4-18-8)14-11(17)7-5-9(12)15-16-10(7)13/h2-6H,1H3,(H,14,17). The van der Waals surface area contributed by atoms with Crippen molar-refractivity contribution in [1.82, 2.24) is 15.5 Å². The number of rotatable bonds is 3. The number of hydrogen-bond donors (Lipinski definition) is 1. The van der Waals surface area contributed by atoms with Gasteiger partial charge in [-0.15, -0.1) is 10.2 Å². The Kier molecular flexibility index (Phi) is 3.84. The van der Waals surface area contributed by atoms with Crippen molar-refractivity contribution in [3.8, 4) is 0 Å². The van der Waals surface area contributed by atoms with Crippen LogP contribution in [0.15, 0.2) is 28.9 Å². The molecule has 2 aromatic rings. The Balaban J connectivity index is 2.15. The molecule has 2 heterocycles. The summed E-state index contributed by atoms with van der Waals surface area (Å²) in [5.74, 6) is 0.258. The summed E-state index contributed by atoms with van der Waals surface area (Å²) in [5.41, 5.74) is 0.176. The fourth-order valence-corrected chi connectivity index (χ4v) is 1.72. The maximum Gasteiger partial charge on any atom is 0.255 e. The smallest absolute Gasteiger partial charge is 0.255 e. The molecule has 7 heteroatoms. The van der Waals surface area contributed by atoms with Gasteiger partial charge in [0.15, 0.2) is 10.3 Å².